The van der Waals surface area contributed by atoms with E-state index in [1.165, 1.54) is 0 Å². The summed E-state index contributed by atoms with van der Waals surface area (Å²) in [7, 11) is 0. The molecular formula is C13H10BrN3O2. The van der Waals surface area contributed by atoms with E-state index < -0.39 is 0 Å². The van der Waals surface area contributed by atoms with E-state index in [4.69, 9.17) is 15.1 Å². The van der Waals surface area contributed by atoms with Gasteiger partial charge in [-0.1, -0.05) is 6.07 Å². The highest BCUT2D eigenvalue weighted by molar-refractivity contribution is 9.10. The molecule has 19 heavy (non-hydrogen) atoms. The van der Waals surface area contributed by atoms with Crippen LogP contribution in [0.3, 0.4) is 0 Å². The number of nitrogens with two attached hydrogens (primary N) is 1. The molecule has 0 amide bonds. The van der Waals surface area contributed by atoms with Crippen LogP contribution in [0.5, 0.6) is 11.5 Å². The molecule has 0 aliphatic rings. The molecule has 5 nitrogen and oxygen atoms in total. The summed E-state index contributed by atoms with van der Waals surface area (Å²) >= 11 is 3.46. The Morgan fingerprint density at radius 2 is 1.84 bits per heavy atom. The van der Waals surface area contributed by atoms with Gasteiger partial charge >= 0.3 is 0 Å². The van der Waals surface area contributed by atoms with Crippen molar-refractivity contribution in [3.8, 4) is 11.5 Å². The summed E-state index contributed by atoms with van der Waals surface area (Å²) in [4.78, 5) is 0. The monoisotopic (exact) mass is 319 g/mol. The summed E-state index contributed by atoms with van der Waals surface area (Å²) < 4.78 is 11.4. The molecule has 0 bridgehead atoms. The van der Waals surface area contributed by atoms with E-state index in [0.717, 1.165) is 10.0 Å². The van der Waals surface area contributed by atoms with Crippen LogP contribution in [0.1, 0.15) is 5.56 Å². The Hall–Kier alpha value is -2.08. The maximum Gasteiger partial charge on any atom is 0.179 e. The molecule has 0 aliphatic carbocycles. The van der Waals surface area contributed by atoms with Crippen molar-refractivity contribution in [3.63, 3.8) is 0 Å². The summed E-state index contributed by atoms with van der Waals surface area (Å²) in [6.45, 7) is 2.01. The minimum Gasteiger partial charge on any atom is -0.454 e. The van der Waals surface area contributed by atoms with E-state index in [2.05, 4.69) is 26.2 Å². The largest absolute Gasteiger partial charge is 0.454 e. The molecule has 2 N–H and O–H groups in total. The molecule has 6 heteroatoms. The number of fused-ring (bicyclic) bond motifs is 1. The zero-order chi connectivity index (χ0) is 13.4. The van der Waals surface area contributed by atoms with E-state index in [0.29, 0.717) is 28.2 Å². The smallest absolute Gasteiger partial charge is 0.179 e. The Morgan fingerprint density at radius 1 is 1.11 bits per heavy atom. The van der Waals surface area contributed by atoms with Gasteiger partial charge < -0.3 is 10.5 Å². The van der Waals surface area contributed by atoms with Gasteiger partial charge in [0, 0.05) is 0 Å². The minimum absolute atomic E-state index is 0.501. The molecule has 0 spiro atoms. The number of ether oxygens (including phenoxy) is 1. The number of hydrogen-bond acceptors (Lipinski definition) is 5. The van der Waals surface area contributed by atoms with Gasteiger partial charge in [-0.15, -0.1) is 0 Å². The standard InChI is InChI=1S/C13H10BrN3O2/c1-7-2-4-10(8(14)6-7)18-11-5-3-9(15)12-13(11)17-19-16-12/h2-6H,15H2,1H3. The number of rotatable bonds is 2. The summed E-state index contributed by atoms with van der Waals surface area (Å²) in [6, 6.07) is 9.29. The van der Waals surface area contributed by atoms with E-state index in [-0.39, 0.29) is 0 Å². The van der Waals surface area contributed by atoms with E-state index in [9.17, 15) is 0 Å². The second kappa shape index (κ2) is 4.55. The summed E-state index contributed by atoms with van der Waals surface area (Å²) in [5.74, 6) is 1.25. The summed E-state index contributed by atoms with van der Waals surface area (Å²) in [6.07, 6.45) is 0. The van der Waals surface area contributed by atoms with Crippen LogP contribution in [0.15, 0.2) is 39.4 Å². The fourth-order valence-electron chi connectivity index (χ4n) is 1.75. The van der Waals surface area contributed by atoms with Gasteiger partial charge in [-0.05, 0) is 63.0 Å². The van der Waals surface area contributed by atoms with E-state index >= 15 is 0 Å². The molecular weight excluding hydrogens is 310 g/mol. The second-order valence-electron chi connectivity index (χ2n) is 4.15. The lowest BCUT2D eigenvalue weighted by atomic mass is 10.2. The van der Waals surface area contributed by atoms with Gasteiger partial charge in [0.15, 0.2) is 16.8 Å². The molecule has 0 saturated heterocycles. The van der Waals surface area contributed by atoms with Crippen molar-refractivity contribution in [2.45, 2.75) is 6.92 Å². The Balaban J connectivity index is 2.06. The number of aromatic nitrogens is 2. The van der Waals surface area contributed by atoms with Gasteiger partial charge in [-0.3, -0.25) is 0 Å². The Labute approximate surface area is 117 Å². The highest BCUT2D eigenvalue weighted by Gasteiger charge is 2.13. The quantitative estimate of drug-likeness (QED) is 0.729. The molecule has 0 atom stereocenters. The highest BCUT2D eigenvalue weighted by Crippen LogP contribution is 2.34. The molecule has 0 fully saturated rings. The zero-order valence-electron chi connectivity index (χ0n) is 10.1. The maximum absolute atomic E-state index is 5.83. The van der Waals surface area contributed by atoms with Gasteiger partial charge in [-0.2, -0.15) is 0 Å². The van der Waals surface area contributed by atoms with Gasteiger partial charge in [0.25, 0.3) is 0 Å². The first-order valence-corrected chi connectivity index (χ1v) is 6.39. The summed E-state index contributed by atoms with van der Waals surface area (Å²) in [5, 5.41) is 7.57. The fraction of sp³-hybridized carbons (Fsp3) is 0.0769. The number of hydrogen-bond donors (Lipinski definition) is 1. The minimum atomic E-state index is 0.501. The van der Waals surface area contributed by atoms with Crippen molar-refractivity contribution in [2.24, 2.45) is 0 Å². The number of halogens is 1. The van der Waals surface area contributed by atoms with Crippen LogP contribution in [0.2, 0.25) is 0 Å². The fourth-order valence-corrected chi connectivity index (χ4v) is 2.33. The third kappa shape index (κ3) is 2.15. The topological polar surface area (TPSA) is 74.2 Å². The molecule has 0 unspecified atom stereocenters. The lowest BCUT2D eigenvalue weighted by Gasteiger charge is -2.08. The normalized spacial score (nSPS) is 10.8. The van der Waals surface area contributed by atoms with Gasteiger partial charge in [0.05, 0.1) is 10.2 Å². The van der Waals surface area contributed by atoms with Crippen molar-refractivity contribution >= 4 is 32.7 Å². The molecule has 0 radical (unpaired) electrons. The number of nitrogen functional groups attached to an aromatic ring is 1. The zero-order valence-corrected chi connectivity index (χ0v) is 11.6. The van der Waals surface area contributed by atoms with Crippen LogP contribution in [-0.4, -0.2) is 10.3 Å². The first-order chi connectivity index (χ1) is 9.15. The molecule has 96 valence electrons. The van der Waals surface area contributed by atoms with Crippen molar-refractivity contribution in [1.82, 2.24) is 10.3 Å². The van der Waals surface area contributed by atoms with Crippen LogP contribution < -0.4 is 10.5 Å². The Kier molecular flexibility index (Phi) is 2.87. The summed E-state index contributed by atoms with van der Waals surface area (Å²) in [5.41, 5.74) is 8.44. The Bertz CT molecular complexity index is 755. The molecule has 3 aromatic rings. The van der Waals surface area contributed by atoms with E-state index in [1.807, 2.05) is 25.1 Å². The average molecular weight is 320 g/mol. The SMILES string of the molecule is Cc1ccc(Oc2ccc(N)c3nonc23)c(Br)c1. The number of aryl methyl sites for hydroxylation is 1. The van der Waals surface area contributed by atoms with Gasteiger partial charge in [0.1, 0.15) is 5.75 Å². The van der Waals surface area contributed by atoms with Gasteiger partial charge in [0.2, 0.25) is 0 Å². The average Bonchev–Trinajstić information content (AvgIpc) is 2.86. The number of nitrogens with zero attached hydrogens (tertiary/aromatic N) is 2. The van der Waals surface area contributed by atoms with Gasteiger partial charge in [-0.25, -0.2) is 4.63 Å². The molecule has 2 aromatic carbocycles. The third-order valence-electron chi connectivity index (χ3n) is 2.72. The van der Waals surface area contributed by atoms with Crippen LogP contribution in [-0.2, 0) is 0 Å². The van der Waals surface area contributed by atoms with Crippen molar-refractivity contribution in [2.75, 3.05) is 5.73 Å². The van der Waals surface area contributed by atoms with Crippen LogP contribution in [0.25, 0.3) is 11.0 Å². The molecule has 3 rings (SSSR count). The lowest BCUT2D eigenvalue weighted by molar-refractivity contribution is 0.314. The first kappa shape index (κ1) is 12.0. The van der Waals surface area contributed by atoms with E-state index in [1.54, 1.807) is 12.1 Å². The number of benzene rings is 2. The Morgan fingerprint density at radius 3 is 2.63 bits per heavy atom. The van der Waals surface area contributed by atoms with Crippen molar-refractivity contribution in [1.29, 1.82) is 0 Å². The third-order valence-corrected chi connectivity index (χ3v) is 3.34. The first-order valence-electron chi connectivity index (χ1n) is 5.60. The predicted molar refractivity (Wildman–Crippen MR) is 75.2 cm³/mol. The molecule has 0 saturated carbocycles. The predicted octanol–water partition coefficient (Wildman–Crippen LogP) is 3.67. The number of anilines is 1. The van der Waals surface area contributed by atoms with Crippen LogP contribution in [0, 0.1) is 6.92 Å². The molecule has 1 aromatic heterocycles. The van der Waals surface area contributed by atoms with Crippen molar-refractivity contribution < 1.29 is 9.37 Å². The van der Waals surface area contributed by atoms with Crippen LogP contribution in [0.4, 0.5) is 5.69 Å². The lowest BCUT2D eigenvalue weighted by Crippen LogP contribution is -1.91. The maximum atomic E-state index is 5.83. The van der Waals surface area contributed by atoms with Crippen molar-refractivity contribution in [3.05, 3.63) is 40.4 Å². The second-order valence-corrected chi connectivity index (χ2v) is 5.00. The molecule has 0 aliphatic heterocycles. The highest BCUT2D eigenvalue weighted by atomic mass is 79.9. The molecule has 1 heterocycles. The van der Waals surface area contributed by atoms with Crippen LogP contribution >= 0.6 is 15.9 Å².